The molecule has 0 bridgehead atoms. The molecule has 0 aliphatic carbocycles. The molecule has 2 aromatic carbocycles. The number of carbonyl (C=O) groups is 3. The van der Waals surface area contributed by atoms with Crippen LogP contribution in [0.5, 0.6) is 5.75 Å². The van der Waals surface area contributed by atoms with Crippen LogP contribution in [0.25, 0.3) is 10.4 Å². The lowest BCUT2D eigenvalue weighted by Crippen LogP contribution is -2.21. The molecule has 0 aliphatic rings. The third-order valence-electron chi connectivity index (χ3n) is 3.69. The van der Waals surface area contributed by atoms with Gasteiger partial charge in [0.05, 0.1) is 5.56 Å². The molecule has 0 saturated heterocycles. The Balaban J connectivity index is 1.70. The lowest BCUT2D eigenvalue weighted by molar-refractivity contribution is -0.118. The lowest BCUT2D eigenvalue weighted by atomic mass is 10.1. The van der Waals surface area contributed by atoms with Gasteiger partial charge < -0.3 is 15.8 Å². The highest BCUT2D eigenvalue weighted by molar-refractivity contribution is 7.20. The zero-order valence-electron chi connectivity index (χ0n) is 14.2. The highest BCUT2D eigenvalue weighted by Gasteiger charge is 2.17. The van der Waals surface area contributed by atoms with Crippen molar-refractivity contribution in [2.75, 3.05) is 11.9 Å². The Morgan fingerprint density at radius 1 is 1.07 bits per heavy atom. The molecule has 2 amide bonds. The average Bonchev–Trinajstić information content (AvgIpc) is 3.11. The number of benzene rings is 2. The fourth-order valence-corrected chi connectivity index (χ4v) is 3.45. The summed E-state index contributed by atoms with van der Waals surface area (Å²) >= 11 is 1.27. The molecule has 0 aliphatic heterocycles. The van der Waals surface area contributed by atoms with Gasteiger partial charge in [-0.2, -0.15) is 0 Å². The highest BCUT2D eigenvalue weighted by Crippen LogP contribution is 2.35. The van der Waals surface area contributed by atoms with E-state index in [4.69, 9.17) is 10.5 Å². The molecule has 0 saturated carbocycles. The number of ether oxygens (including phenoxy) is 1. The van der Waals surface area contributed by atoms with Crippen molar-refractivity contribution in [3.63, 3.8) is 0 Å². The van der Waals surface area contributed by atoms with Crippen LogP contribution in [0.4, 0.5) is 5.00 Å². The quantitative estimate of drug-likeness (QED) is 0.614. The van der Waals surface area contributed by atoms with Crippen LogP contribution in [-0.2, 0) is 4.79 Å². The molecule has 7 heteroatoms. The van der Waals surface area contributed by atoms with Crippen LogP contribution >= 0.6 is 11.3 Å². The summed E-state index contributed by atoms with van der Waals surface area (Å²) in [7, 11) is 0. The Morgan fingerprint density at radius 3 is 2.41 bits per heavy atom. The standard InChI is InChI=1S/C20H16N2O4S/c21-19(25)16-10-17(14-4-2-1-3-5-14)27-20(16)22-18(24)12-26-15-8-6-13(11-23)7-9-15/h1-11H,12H2,(H2,21,25)(H,22,24). The summed E-state index contributed by atoms with van der Waals surface area (Å²) in [4.78, 5) is 35.4. The fraction of sp³-hybridized carbons (Fsp3) is 0.0500. The Kier molecular flexibility index (Phi) is 5.63. The third-order valence-corrected chi connectivity index (χ3v) is 4.79. The monoisotopic (exact) mass is 380 g/mol. The van der Waals surface area contributed by atoms with Crippen LogP contribution < -0.4 is 15.8 Å². The van der Waals surface area contributed by atoms with Gasteiger partial charge in [0.2, 0.25) is 0 Å². The summed E-state index contributed by atoms with van der Waals surface area (Å²) < 4.78 is 5.39. The van der Waals surface area contributed by atoms with Gasteiger partial charge in [-0.15, -0.1) is 11.3 Å². The maximum Gasteiger partial charge on any atom is 0.262 e. The van der Waals surface area contributed by atoms with E-state index in [-0.39, 0.29) is 12.2 Å². The third kappa shape index (κ3) is 4.59. The molecule has 0 unspecified atom stereocenters. The van der Waals surface area contributed by atoms with Gasteiger partial charge in [0.15, 0.2) is 6.61 Å². The normalized spacial score (nSPS) is 10.2. The molecular formula is C20H16N2O4S. The molecule has 136 valence electrons. The Bertz CT molecular complexity index is 965. The molecule has 0 fully saturated rings. The first-order valence-corrected chi connectivity index (χ1v) is 8.85. The Labute approximate surface area is 159 Å². The van der Waals surface area contributed by atoms with Crippen LogP contribution in [0.2, 0.25) is 0 Å². The zero-order valence-corrected chi connectivity index (χ0v) is 15.0. The van der Waals surface area contributed by atoms with Crippen LogP contribution in [0.3, 0.4) is 0 Å². The number of aldehydes is 1. The van der Waals surface area contributed by atoms with Crippen molar-refractivity contribution in [3.8, 4) is 16.2 Å². The van der Waals surface area contributed by atoms with Gasteiger partial charge in [-0.05, 0) is 35.9 Å². The van der Waals surface area contributed by atoms with Gasteiger partial charge in [0.25, 0.3) is 11.8 Å². The summed E-state index contributed by atoms with van der Waals surface area (Å²) in [6, 6.07) is 17.6. The van der Waals surface area contributed by atoms with Gasteiger partial charge in [-0.1, -0.05) is 30.3 Å². The second-order valence-corrected chi connectivity index (χ2v) is 6.66. The van der Waals surface area contributed by atoms with Crippen molar-refractivity contribution in [2.45, 2.75) is 0 Å². The van der Waals surface area contributed by atoms with Gasteiger partial charge in [0, 0.05) is 10.4 Å². The van der Waals surface area contributed by atoms with E-state index < -0.39 is 11.8 Å². The fourth-order valence-electron chi connectivity index (χ4n) is 2.37. The number of anilines is 1. The summed E-state index contributed by atoms with van der Waals surface area (Å²) in [6.07, 6.45) is 0.725. The van der Waals surface area contributed by atoms with E-state index in [1.807, 2.05) is 30.3 Å². The van der Waals surface area contributed by atoms with Gasteiger partial charge in [-0.3, -0.25) is 14.4 Å². The molecular weight excluding hydrogens is 364 g/mol. The number of rotatable bonds is 7. The summed E-state index contributed by atoms with van der Waals surface area (Å²) in [5.41, 5.74) is 7.13. The number of hydrogen-bond donors (Lipinski definition) is 2. The van der Waals surface area contributed by atoms with Gasteiger partial charge in [-0.25, -0.2) is 0 Å². The molecule has 27 heavy (non-hydrogen) atoms. The molecule has 0 atom stereocenters. The molecule has 3 aromatic rings. The highest BCUT2D eigenvalue weighted by atomic mass is 32.1. The van der Waals surface area contributed by atoms with E-state index in [2.05, 4.69) is 5.32 Å². The van der Waals surface area contributed by atoms with E-state index in [1.54, 1.807) is 30.3 Å². The minimum Gasteiger partial charge on any atom is -0.484 e. The molecule has 6 nitrogen and oxygen atoms in total. The van der Waals surface area contributed by atoms with E-state index in [9.17, 15) is 14.4 Å². The molecule has 1 aromatic heterocycles. The van der Waals surface area contributed by atoms with E-state index >= 15 is 0 Å². The van der Waals surface area contributed by atoms with Crippen LogP contribution in [0.15, 0.2) is 60.7 Å². The first-order chi connectivity index (χ1) is 13.1. The molecule has 0 radical (unpaired) electrons. The summed E-state index contributed by atoms with van der Waals surface area (Å²) in [6.45, 7) is -0.239. The predicted molar refractivity (Wildman–Crippen MR) is 104 cm³/mol. The predicted octanol–water partition coefficient (Wildman–Crippen LogP) is 3.34. The number of thiophene rings is 1. The van der Waals surface area contributed by atoms with Crippen LogP contribution in [0.1, 0.15) is 20.7 Å². The largest absolute Gasteiger partial charge is 0.484 e. The first-order valence-electron chi connectivity index (χ1n) is 8.04. The van der Waals surface area contributed by atoms with E-state index in [1.165, 1.54) is 11.3 Å². The lowest BCUT2D eigenvalue weighted by Gasteiger charge is -2.07. The SMILES string of the molecule is NC(=O)c1cc(-c2ccccc2)sc1NC(=O)COc1ccc(C=O)cc1. The molecule has 1 heterocycles. The number of nitrogens with one attached hydrogen (secondary N) is 1. The molecule has 0 spiro atoms. The minimum absolute atomic E-state index is 0.239. The van der Waals surface area contributed by atoms with Crippen LogP contribution in [-0.4, -0.2) is 24.7 Å². The van der Waals surface area contributed by atoms with Crippen molar-refractivity contribution < 1.29 is 19.1 Å². The molecule has 3 N–H and O–H groups in total. The number of primary amides is 1. The smallest absolute Gasteiger partial charge is 0.262 e. The maximum atomic E-state index is 12.2. The number of amides is 2. The van der Waals surface area contributed by atoms with Gasteiger partial charge in [0.1, 0.15) is 17.0 Å². The molecule has 3 rings (SSSR count). The first kappa shape index (κ1) is 18.3. The zero-order chi connectivity index (χ0) is 19.2. The second-order valence-electron chi connectivity index (χ2n) is 5.61. The van der Waals surface area contributed by atoms with Crippen molar-refractivity contribution in [1.29, 1.82) is 0 Å². The van der Waals surface area contributed by atoms with E-state index in [0.29, 0.717) is 16.3 Å². The summed E-state index contributed by atoms with van der Waals surface area (Å²) in [5.74, 6) is -0.574. The minimum atomic E-state index is -0.617. The van der Waals surface area contributed by atoms with Crippen molar-refractivity contribution in [1.82, 2.24) is 0 Å². The van der Waals surface area contributed by atoms with E-state index in [0.717, 1.165) is 16.7 Å². The Morgan fingerprint density at radius 2 is 1.78 bits per heavy atom. The average molecular weight is 380 g/mol. The summed E-state index contributed by atoms with van der Waals surface area (Å²) in [5, 5.41) is 3.05. The topological polar surface area (TPSA) is 98.5 Å². The number of nitrogens with two attached hydrogens (primary N) is 1. The Hall–Kier alpha value is -3.45. The number of carbonyl (C=O) groups excluding carboxylic acids is 3. The van der Waals surface area contributed by atoms with Crippen LogP contribution in [0, 0.1) is 0 Å². The van der Waals surface area contributed by atoms with Crippen molar-refractivity contribution >= 4 is 34.4 Å². The van der Waals surface area contributed by atoms with Crippen molar-refractivity contribution in [2.24, 2.45) is 5.73 Å². The number of hydrogen-bond acceptors (Lipinski definition) is 5. The van der Waals surface area contributed by atoms with Gasteiger partial charge >= 0.3 is 0 Å². The van der Waals surface area contributed by atoms with Crippen molar-refractivity contribution in [3.05, 3.63) is 71.8 Å². The second kappa shape index (κ2) is 8.29. The maximum absolute atomic E-state index is 12.2.